The molecule has 1 aliphatic rings. The van der Waals surface area contributed by atoms with Crippen molar-refractivity contribution in [2.45, 2.75) is 18.7 Å². The molecule has 5 nitrogen and oxygen atoms in total. The third kappa shape index (κ3) is 3.85. The van der Waals surface area contributed by atoms with Crippen LogP contribution in [0.2, 0.25) is 0 Å². The standard InChI is InChI=1S/C20H23N3O2S/c1-4-18(24)21-15-7-5-6-14(12-15)20-23(19(25)13-26-20)17-10-8-16(9-11-17)22(2)3/h5-12,20H,4,13H2,1-3H3,(H,21,24). The van der Waals surface area contributed by atoms with E-state index in [1.807, 2.05) is 79.3 Å². The number of carbonyl (C=O) groups excluding carboxylic acids is 2. The van der Waals surface area contributed by atoms with Gasteiger partial charge in [-0.05, 0) is 42.0 Å². The topological polar surface area (TPSA) is 52.7 Å². The smallest absolute Gasteiger partial charge is 0.238 e. The number of benzene rings is 2. The van der Waals surface area contributed by atoms with E-state index in [2.05, 4.69) is 5.32 Å². The number of hydrogen-bond acceptors (Lipinski definition) is 4. The van der Waals surface area contributed by atoms with Crippen LogP contribution in [0.3, 0.4) is 0 Å². The summed E-state index contributed by atoms with van der Waals surface area (Å²) in [6.45, 7) is 1.82. The Hall–Kier alpha value is -2.47. The lowest BCUT2D eigenvalue weighted by Gasteiger charge is -2.25. The molecule has 2 aromatic rings. The Labute approximate surface area is 158 Å². The first-order valence-electron chi connectivity index (χ1n) is 8.60. The summed E-state index contributed by atoms with van der Waals surface area (Å²) in [4.78, 5) is 28.0. The highest BCUT2D eigenvalue weighted by atomic mass is 32.2. The quantitative estimate of drug-likeness (QED) is 0.869. The molecule has 26 heavy (non-hydrogen) atoms. The van der Waals surface area contributed by atoms with Crippen molar-refractivity contribution >= 4 is 40.6 Å². The highest BCUT2D eigenvalue weighted by Crippen LogP contribution is 2.42. The second-order valence-electron chi connectivity index (χ2n) is 6.37. The zero-order chi connectivity index (χ0) is 18.7. The number of nitrogens with one attached hydrogen (secondary N) is 1. The first-order valence-corrected chi connectivity index (χ1v) is 9.65. The fourth-order valence-corrected chi connectivity index (χ4v) is 4.05. The van der Waals surface area contributed by atoms with Crippen LogP contribution in [-0.4, -0.2) is 31.7 Å². The molecule has 3 rings (SSSR count). The van der Waals surface area contributed by atoms with E-state index >= 15 is 0 Å². The van der Waals surface area contributed by atoms with E-state index in [1.54, 1.807) is 11.8 Å². The van der Waals surface area contributed by atoms with Crippen LogP contribution in [0.5, 0.6) is 0 Å². The predicted octanol–water partition coefficient (Wildman–Crippen LogP) is 3.88. The molecule has 136 valence electrons. The molecule has 0 spiro atoms. The highest BCUT2D eigenvalue weighted by molar-refractivity contribution is 8.00. The Bertz CT molecular complexity index is 805. The van der Waals surface area contributed by atoms with Crippen molar-refractivity contribution in [2.75, 3.05) is 35.0 Å². The first-order chi connectivity index (χ1) is 12.5. The molecule has 1 aliphatic heterocycles. The molecule has 1 unspecified atom stereocenters. The Kier molecular flexibility index (Phi) is 5.52. The Balaban J connectivity index is 1.88. The monoisotopic (exact) mass is 369 g/mol. The van der Waals surface area contributed by atoms with Crippen LogP contribution in [0, 0.1) is 0 Å². The van der Waals surface area contributed by atoms with Crippen LogP contribution in [0.4, 0.5) is 17.1 Å². The third-order valence-electron chi connectivity index (χ3n) is 4.29. The zero-order valence-electron chi connectivity index (χ0n) is 15.2. The van der Waals surface area contributed by atoms with Crippen LogP contribution >= 0.6 is 11.8 Å². The largest absolute Gasteiger partial charge is 0.378 e. The number of hydrogen-bond donors (Lipinski definition) is 1. The van der Waals surface area contributed by atoms with E-state index in [0.29, 0.717) is 12.2 Å². The van der Waals surface area contributed by atoms with Gasteiger partial charge in [0.25, 0.3) is 0 Å². The summed E-state index contributed by atoms with van der Waals surface area (Å²) in [5, 5.41) is 2.79. The molecule has 0 aromatic heterocycles. The minimum Gasteiger partial charge on any atom is -0.378 e. The van der Waals surface area contributed by atoms with E-state index in [1.165, 1.54) is 0 Å². The van der Waals surface area contributed by atoms with Gasteiger partial charge in [0.1, 0.15) is 5.37 Å². The average molecular weight is 369 g/mol. The van der Waals surface area contributed by atoms with Crippen LogP contribution in [0.25, 0.3) is 0 Å². The number of nitrogens with zero attached hydrogens (tertiary/aromatic N) is 2. The normalized spacial score (nSPS) is 16.7. The second kappa shape index (κ2) is 7.83. The average Bonchev–Trinajstić information content (AvgIpc) is 3.03. The Morgan fingerprint density at radius 3 is 2.62 bits per heavy atom. The minimum absolute atomic E-state index is 0.0200. The summed E-state index contributed by atoms with van der Waals surface area (Å²) >= 11 is 1.60. The maximum Gasteiger partial charge on any atom is 0.238 e. The van der Waals surface area contributed by atoms with Gasteiger partial charge in [0, 0.05) is 37.6 Å². The lowest BCUT2D eigenvalue weighted by molar-refractivity contribution is -0.116. The molecule has 0 saturated carbocycles. The van der Waals surface area contributed by atoms with Crippen molar-refractivity contribution in [3.63, 3.8) is 0 Å². The molecule has 2 aromatic carbocycles. The van der Waals surface area contributed by atoms with E-state index in [0.717, 1.165) is 22.6 Å². The number of rotatable bonds is 5. The second-order valence-corrected chi connectivity index (χ2v) is 7.43. The minimum atomic E-state index is -0.0915. The van der Waals surface area contributed by atoms with Crippen LogP contribution in [0.1, 0.15) is 24.3 Å². The van der Waals surface area contributed by atoms with Crippen molar-refractivity contribution < 1.29 is 9.59 Å². The van der Waals surface area contributed by atoms with Crippen LogP contribution in [0.15, 0.2) is 48.5 Å². The fourth-order valence-electron chi connectivity index (χ4n) is 2.88. The number of anilines is 3. The van der Waals surface area contributed by atoms with E-state index < -0.39 is 0 Å². The SMILES string of the molecule is CCC(=O)Nc1cccc(C2SCC(=O)N2c2ccc(N(C)C)cc2)c1. The maximum atomic E-state index is 12.5. The molecule has 0 aliphatic carbocycles. The summed E-state index contributed by atoms with van der Waals surface area (Å²) in [5.41, 5.74) is 3.75. The van der Waals surface area contributed by atoms with Gasteiger partial charge in [-0.1, -0.05) is 19.1 Å². The zero-order valence-corrected chi connectivity index (χ0v) is 16.0. The first kappa shape index (κ1) is 18.3. The van der Waals surface area contributed by atoms with Gasteiger partial charge in [0.15, 0.2) is 0 Å². The van der Waals surface area contributed by atoms with Crippen molar-refractivity contribution in [1.29, 1.82) is 0 Å². The molecule has 1 heterocycles. The Morgan fingerprint density at radius 1 is 1.23 bits per heavy atom. The third-order valence-corrected chi connectivity index (χ3v) is 5.50. The van der Waals surface area contributed by atoms with Crippen molar-refractivity contribution in [3.05, 3.63) is 54.1 Å². The summed E-state index contributed by atoms with van der Waals surface area (Å²) in [5.74, 6) is 0.528. The van der Waals surface area contributed by atoms with Crippen molar-refractivity contribution in [1.82, 2.24) is 0 Å². The fraction of sp³-hybridized carbons (Fsp3) is 0.300. The van der Waals surface area contributed by atoms with Crippen LogP contribution in [-0.2, 0) is 9.59 Å². The van der Waals surface area contributed by atoms with Crippen LogP contribution < -0.4 is 15.1 Å². The van der Waals surface area contributed by atoms with Crippen molar-refractivity contribution in [2.24, 2.45) is 0 Å². The lowest BCUT2D eigenvalue weighted by atomic mass is 10.1. The molecule has 1 saturated heterocycles. The number of amides is 2. The highest BCUT2D eigenvalue weighted by Gasteiger charge is 2.34. The number of carbonyl (C=O) groups is 2. The van der Waals surface area contributed by atoms with E-state index in [4.69, 9.17) is 0 Å². The molecule has 6 heteroatoms. The molecule has 1 N–H and O–H groups in total. The summed E-state index contributed by atoms with van der Waals surface area (Å²) in [6, 6.07) is 15.7. The summed E-state index contributed by atoms with van der Waals surface area (Å²) in [6.07, 6.45) is 0.436. The molecule has 1 atom stereocenters. The molecule has 0 bridgehead atoms. The summed E-state index contributed by atoms with van der Waals surface area (Å²) in [7, 11) is 3.98. The molecule has 1 fully saturated rings. The van der Waals surface area contributed by atoms with Gasteiger partial charge in [0.05, 0.1) is 5.75 Å². The molecule has 0 radical (unpaired) electrons. The van der Waals surface area contributed by atoms with Gasteiger partial charge in [-0.15, -0.1) is 11.8 Å². The number of thioether (sulfide) groups is 1. The van der Waals surface area contributed by atoms with Gasteiger partial charge >= 0.3 is 0 Å². The van der Waals surface area contributed by atoms with Gasteiger partial charge < -0.3 is 10.2 Å². The predicted molar refractivity (Wildman–Crippen MR) is 109 cm³/mol. The van der Waals surface area contributed by atoms with Gasteiger partial charge in [-0.25, -0.2) is 0 Å². The van der Waals surface area contributed by atoms with E-state index in [-0.39, 0.29) is 17.2 Å². The van der Waals surface area contributed by atoms with Crippen molar-refractivity contribution in [3.8, 4) is 0 Å². The molecular weight excluding hydrogens is 346 g/mol. The summed E-state index contributed by atoms with van der Waals surface area (Å²) < 4.78 is 0. The van der Waals surface area contributed by atoms with Gasteiger partial charge in [0.2, 0.25) is 11.8 Å². The van der Waals surface area contributed by atoms with Gasteiger partial charge in [-0.2, -0.15) is 0 Å². The Morgan fingerprint density at radius 2 is 1.96 bits per heavy atom. The lowest BCUT2D eigenvalue weighted by Crippen LogP contribution is -2.27. The molecule has 2 amide bonds. The van der Waals surface area contributed by atoms with E-state index in [9.17, 15) is 9.59 Å². The van der Waals surface area contributed by atoms with Gasteiger partial charge in [-0.3, -0.25) is 14.5 Å². The maximum absolute atomic E-state index is 12.5. The molecular formula is C20H23N3O2S.